The van der Waals surface area contributed by atoms with E-state index >= 15 is 0 Å². The van der Waals surface area contributed by atoms with Crippen LogP contribution in [0, 0.1) is 0 Å². The molecule has 0 aliphatic carbocycles. The van der Waals surface area contributed by atoms with Crippen LogP contribution in [-0.4, -0.2) is 54.3 Å². The molecule has 4 saturated heterocycles. The van der Waals surface area contributed by atoms with E-state index < -0.39 is 17.6 Å². The van der Waals surface area contributed by atoms with Crippen molar-refractivity contribution in [1.29, 1.82) is 0 Å². The fourth-order valence-corrected chi connectivity index (χ4v) is 15.2. The molecule has 0 aromatic heterocycles. The molecule has 8 heterocycles. The van der Waals surface area contributed by atoms with Crippen LogP contribution in [0.3, 0.4) is 0 Å². The molecule has 0 amide bonds. The molecule has 4 fully saturated rings. The predicted octanol–water partition coefficient (Wildman–Crippen LogP) is 11.7. The number of hydrogen-bond acceptors (Lipinski definition) is 8. The van der Waals surface area contributed by atoms with Gasteiger partial charge in [-0.3, -0.25) is 0 Å². The summed E-state index contributed by atoms with van der Waals surface area (Å²) in [5.74, 6) is 3.35. The van der Waals surface area contributed by atoms with E-state index in [1.54, 1.807) is 0 Å². The van der Waals surface area contributed by atoms with Crippen LogP contribution in [0.25, 0.3) is 44.5 Å². The van der Waals surface area contributed by atoms with Crippen LogP contribution in [0.15, 0.2) is 157 Å². The van der Waals surface area contributed by atoms with Crippen LogP contribution in [-0.2, 0) is 47.4 Å². The quantitative estimate of drug-likeness (QED) is 0.173. The summed E-state index contributed by atoms with van der Waals surface area (Å²) < 4.78 is 30.0. The van der Waals surface area contributed by atoms with E-state index in [4.69, 9.17) is 18.9 Å². The third-order valence-electron chi connectivity index (χ3n) is 15.0. The van der Waals surface area contributed by atoms with E-state index in [1.165, 1.54) is 86.2 Å². The molecule has 4 unspecified atom stereocenters. The maximum absolute atomic E-state index is 6.85. The first kappa shape index (κ1) is 39.8. The van der Waals surface area contributed by atoms with E-state index in [0.29, 0.717) is 26.4 Å². The Kier molecular flexibility index (Phi) is 8.36. The van der Waals surface area contributed by atoms with Crippen LogP contribution >= 0.6 is 0 Å². The van der Waals surface area contributed by atoms with E-state index in [1.807, 2.05) is 0 Å². The fourth-order valence-electron chi connectivity index (χ4n) is 11.4. The first-order valence-corrected chi connectivity index (χ1v) is 25.9. The second-order valence-corrected chi connectivity index (χ2v) is 23.7. The van der Waals surface area contributed by atoms with E-state index in [0.717, 1.165) is 23.5 Å². The van der Waals surface area contributed by atoms with Gasteiger partial charge in [0.25, 0.3) is 0 Å². The zero-order valence-electron chi connectivity index (χ0n) is 38.6. The summed E-state index contributed by atoms with van der Waals surface area (Å²) in [6.45, 7) is 15.8. The second-order valence-electron chi connectivity index (χ2n) is 21.1. The Balaban J connectivity index is 0.935. The topological polar surface area (TPSA) is 49.9 Å². The minimum absolute atomic E-state index is 0.0286. The number of fused-ring (bicyclic) bond motifs is 8. The van der Waals surface area contributed by atoms with Gasteiger partial charge in [0, 0.05) is 0 Å². The van der Waals surface area contributed by atoms with Gasteiger partial charge in [-0.2, -0.15) is 0 Å². The number of nitrogens with zero attached hydrogens (tertiary/aromatic N) is 4. The Hall–Kier alpha value is -6.37. The standard InChI is InChI=1S/C58H52N4O4.Pt/c1-57(2,3)43-19-15-35(16-20-43)45-11-7-9-13-47(45)37-23-39-27-40(24-37)50-30-64-54-56-62(34-60(50)54)52(32-66-56)42-26-38(48-14-10-8-12-46(48)36-17-21-44(22-18-36)58(4,5)6)25-41(28-42)51-31-65-55-53-59(33-61(51)55)49(39)29-63-53;/h7-28,49-52H,29-32H2,1-6H3;. The Labute approximate surface area is 400 Å². The van der Waals surface area contributed by atoms with Crippen molar-refractivity contribution in [1.82, 2.24) is 19.6 Å². The summed E-state index contributed by atoms with van der Waals surface area (Å²) >= 11 is -0.849. The van der Waals surface area contributed by atoms with Crippen LogP contribution in [0.4, 0.5) is 0 Å². The molecule has 8 aliphatic heterocycles. The van der Waals surface area contributed by atoms with Crippen LogP contribution in [0.2, 0.25) is 0 Å². The molecule has 0 radical (unpaired) electrons. The zero-order valence-corrected chi connectivity index (χ0v) is 40.8. The Bertz CT molecular complexity index is 2950. The molecular formula is C58H52N4O4Pt. The SMILES string of the molecule is CC(C)(C)c1ccc(-c2ccccc2-c2cc3cc(c2)C2COC4=C5OCC6c7cc(-c8ccccc8-c8ccc(C(C)(C)C)cc8)cc(c7)C7COC8=C9OCC3N9[C](=[Pt]=[C](N42)N56)N87)cc1. The molecule has 8 aliphatic rings. The van der Waals surface area contributed by atoms with E-state index in [2.05, 4.69) is 195 Å². The molecule has 6 bridgehead atoms. The monoisotopic (exact) mass is 1060 g/mol. The van der Waals surface area contributed by atoms with E-state index in [-0.39, 0.29) is 35.0 Å². The van der Waals surface area contributed by atoms with Gasteiger partial charge in [-0.1, -0.05) is 41.5 Å². The average molecular weight is 1060 g/mol. The molecule has 8 nitrogen and oxygen atoms in total. The van der Waals surface area contributed by atoms with Gasteiger partial charge in [-0.05, 0) is 10.8 Å². The Morgan fingerprint density at radius 3 is 0.940 bits per heavy atom. The average Bonchev–Trinajstić information content (AvgIpc) is 4.19. The van der Waals surface area contributed by atoms with E-state index in [9.17, 15) is 0 Å². The normalized spacial score (nSPS) is 22.8. The van der Waals surface area contributed by atoms with Gasteiger partial charge in [0.05, 0.1) is 0 Å². The van der Waals surface area contributed by atoms with Crippen LogP contribution < -0.4 is 0 Å². The van der Waals surface area contributed by atoms with Crippen molar-refractivity contribution < 1.29 is 36.6 Å². The molecule has 4 atom stereocenters. The third-order valence-corrected chi connectivity index (χ3v) is 18.2. The van der Waals surface area contributed by atoms with Crippen molar-refractivity contribution in [2.75, 3.05) is 26.4 Å². The van der Waals surface area contributed by atoms with Gasteiger partial charge in [0.15, 0.2) is 0 Å². The van der Waals surface area contributed by atoms with Crippen LogP contribution in [0.5, 0.6) is 0 Å². The Morgan fingerprint density at radius 1 is 0.373 bits per heavy atom. The van der Waals surface area contributed by atoms with Gasteiger partial charge in [-0.25, -0.2) is 0 Å². The van der Waals surface area contributed by atoms with Gasteiger partial charge < -0.3 is 0 Å². The van der Waals surface area contributed by atoms with Crippen molar-refractivity contribution in [3.63, 3.8) is 0 Å². The van der Waals surface area contributed by atoms with Gasteiger partial charge in [0.2, 0.25) is 0 Å². The number of hydrogen-bond donors (Lipinski definition) is 0. The predicted molar refractivity (Wildman–Crippen MR) is 258 cm³/mol. The third kappa shape index (κ3) is 5.87. The molecule has 338 valence electrons. The van der Waals surface area contributed by atoms with Crippen molar-refractivity contribution >= 4 is 8.29 Å². The summed E-state index contributed by atoms with van der Waals surface area (Å²) in [7, 11) is 0. The van der Waals surface area contributed by atoms with Crippen molar-refractivity contribution in [3.8, 4) is 44.5 Å². The number of rotatable bonds is 4. The van der Waals surface area contributed by atoms with Crippen molar-refractivity contribution in [2.24, 2.45) is 0 Å². The van der Waals surface area contributed by atoms with Gasteiger partial charge in [-0.15, -0.1) is 0 Å². The summed E-state index contributed by atoms with van der Waals surface area (Å²) in [6.07, 6.45) is 0. The number of ether oxygens (including phenoxy) is 4. The summed E-state index contributed by atoms with van der Waals surface area (Å²) in [5.41, 5.74) is 17.5. The molecule has 0 saturated carbocycles. The molecular weight excluding hydrogens is 1010 g/mol. The Morgan fingerprint density at radius 2 is 0.657 bits per heavy atom. The maximum atomic E-state index is 6.85. The van der Waals surface area contributed by atoms with Crippen molar-refractivity contribution in [2.45, 2.75) is 76.5 Å². The van der Waals surface area contributed by atoms with Crippen molar-refractivity contribution in [3.05, 3.63) is 190 Å². The molecule has 0 spiro atoms. The summed E-state index contributed by atoms with van der Waals surface area (Å²) in [4.78, 5) is 10.0. The number of benzene rings is 6. The minimum atomic E-state index is -0.849. The molecule has 6 aromatic carbocycles. The second kappa shape index (κ2) is 14.1. The fraction of sp³-hybridized carbons (Fsp3) is 0.276. The van der Waals surface area contributed by atoms with Crippen LogP contribution in [0.1, 0.15) is 99.1 Å². The first-order chi connectivity index (χ1) is 32.5. The molecule has 14 rings (SSSR count). The molecule has 0 N–H and O–H groups in total. The molecule has 67 heavy (non-hydrogen) atoms. The summed E-state index contributed by atoms with van der Waals surface area (Å²) in [6, 6.07) is 50.4. The molecule has 6 aromatic rings. The molecule has 9 heteroatoms. The zero-order chi connectivity index (χ0) is 45.1. The van der Waals surface area contributed by atoms with Gasteiger partial charge in [0.1, 0.15) is 0 Å². The van der Waals surface area contributed by atoms with Gasteiger partial charge >= 0.3 is 350 Å². The first-order valence-electron chi connectivity index (χ1n) is 23.7. The summed E-state index contributed by atoms with van der Waals surface area (Å²) in [5, 5.41) is 0.